The number of pyridine rings is 1. The van der Waals surface area contributed by atoms with Gasteiger partial charge in [0.2, 0.25) is 5.91 Å². The molecule has 8 heteroatoms. The van der Waals surface area contributed by atoms with Gasteiger partial charge in [-0.1, -0.05) is 70.0 Å². The molecule has 184 valence electrons. The second kappa shape index (κ2) is 9.99. The number of benzene rings is 3. The largest absolute Gasteiger partial charge is 0.481 e. The number of fused-ring (bicyclic) bond motifs is 1. The van der Waals surface area contributed by atoms with Crippen LogP contribution in [0, 0.1) is 6.92 Å². The fraction of sp³-hybridized carbons (Fsp3) is 0.103. The first-order valence-corrected chi connectivity index (χ1v) is 12.4. The lowest BCUT2D eigenvalue weighted by Crippen LogP contribution is -2.16. The zero-order valence-corrected chi connectivity index (χ0v) is 21.5. The Bertz CT molecular complexity index is 1700. The maximum Gasteiger partial charge on any atom is 0.303 e. The Morgan fingerprint density at radius 1 is 0.919 bits per heavy atom. The number of aromatic amines is 1. The van der Waals surface area contributed by atoms with Crippen LogP contribution in [0.15, 0.2) is 88.1 Å². The minimum atomic E-state index is -1.07. The zero-order chi connectivity index (χ0) is 26.1. The average Bonchev–Trinajstić information content (AvgIpc) is 3.32. The van der Waals surface area contributed by atoms with Crippen LogP contribution in [-0.4, -0.2) is 31.7 Å². The Labute approximate surface area is 220 Å². The van der Waals surface area contributed by atoms with E-state index in [-0.39, 0.29) is 18.4 Å². The van der Waals surface area contributed by atoms with Gasteiger partial charge in [0, 0.05) is 32.9 Å². The molecular weight excluding hydrogens is 534 g/mol. The summed E-state index contributed by atoms with van der Waals surface area (Å²) in [5.41, 5.74) is 4.80. The van der Waals surface area contributed by atoms with Crippen LogP contribution < -0.4 is 5.56 Å². The molecule has 0 radical (unpaired) electrons. The number of nitrogens with zero attached hydrogens (tertiary/aromatic N) is 2. The lowest BCUT2D eigenvalue weighted by molar-refractivity contribution is -0.137. The van der Waals surface area contributed by atoms with E-state index in [1.807, 2.05) is 79.7 Å². The first-order valence-electron chi connectivity index (χ1n) is 11.7. The quantitative estimate of drug-likeness (QED) is 0.255. The number of rotatable bonds is 6. The molecule has 5 aromatic rings. The highest BCUT2D eigenvalue weighted by Crippen LogP contribution is 2.36. The SMILES string of the molecule is Cc1ccc2[nH]c(=O)c(-c3cc(-c4ccc(Br)cc4)n(C(=O)CCC(=O)O)n3)c(-c3ccccc3)c2c1. The summed E-state index contributed by atoms with van der Waals surface area (Å²) in [6, 6.07) is 24.5. The Hall–Kier alpha value is -4.30. The molecule has 0 amide bonds. The normalized spacial score (nSPS) is 11.1. The molecule has 0 aliphatic heterocycles. The van der Waals surface area contributed by atoms with Crippen LogP contribution in [0.25, 0.3) is 44.5 Å². The number of aliphatic carboxylic acids is 1. The molecule has 3 aromatic carbocycles. The first-order chi connectivity index (χ1) is 17.8. The Balaban J connectivity index is 1.79. The van der Waals surface area contributed by atoms with E-state index in [1.54, 1.807) is 6.07 Å². The summed E-state index contributed by atoms with van der Waals surface area (Å²) >= 11 is 3.42. The number of carbonyl (C=O) groups excluding carboxylic acids is 1. The average molecular weight is 556 g/mol. The maximum atomic E-state index is 13.5. The third-order valence-corrected chi connectivity index (χ3v) is 6.66. The van der Waals surface area contributed by atoms with Crippen LogP contribution in [-0.2, 0) is 4.79 Å². The zero-order valence-electron chi connectivity index (χ0n) is 19.9. The maximum absolute atomic E-state index is 13.5. The summed E-state index contributed by atoms with van der Waals surface area (Å²) in [4.78, 5) is 40.7. The predicted molar refractivity (Wildman–Crippen MR) is 147 cm³/mol. The van der Waals surface area contributed by atoms with Crippen molar-refractivity contribution in [2.45, 2.75) is 19.8 Å². The molecule has 2 heterocycles. The molecule has 0 aliphatic carbocycles. The standard InChI is InChI=1S/C29H22BrN3O4/c1-17-7-12-22-21(15-17)27(19-5-3-2-4-6-19)28(29(37)31-22)23-16-24(18-8-10-20(30)11-9-18)33(32-23)25(34)13-14-26(35)36/h2-12,15-16H,13-14H2,1H3,(H,31,37)(H,35,36). The van der Waals surface area contributed by atoms with Gasteiger partial charge < -0.3 is 10.1 Å². The second-order valence-electron chi connectivity index (χ2n) is 8.74. The molecule has 0 saturated carbocycles. The van der Waals surface area contributed by atoms with Crippen LogP contribution in [0.2, 0.25) is 0 Å². The monoisotopic (exact) mass is 555 g/mol. The van der Waals surface area contributed by atoms with Crippen molar-refractivity contribution < 1.29 is 14.7 Å². The van der Waals surface area contributed by atoms with E-state index < -0.39 is 11.9 Å². The first kappa shape index (κ1) is 24.4. The number of nitrogens with one attached hydrogen (secondary N) is 1. The number of hydrogen-bond donors (Lipinski definition) is 2. The van der Waals surface area contributed by atoms with Gasteiger partial charge in [0.05, 0.1) is 23.4 Å². The lowest BCUT2D eigenvalue weighted by Gasteiger charge is -2.12. The van der Waals surface area contributed by atoms with Gasteiger partial charge in [-0.25, -0.2) is 0 Å². The van der Waals surface area contributed by atoms with Crippen molar-refractivity contribution in [1.29, 1.82) is 0 Å². The van der Waals surface area contributed by atoms with Crippen LogP contribution in [0.5, 0.6) is 0 Å². The summed E-state index contributed by atoms with van der Waals surface area (Å²) in [5, 5.41) is 14.5. The minimum absolute atomic E-state index is 0.223. The summed E-state index contributed by atoms with van der Waals surface area (Å²) in [5.74, 6) is -1.54. The van der Waals surface area contributed by atoms with Crippen LogP contribution in [0.3, 0.4) is 0 Å². The van der Waals surface area contributed by atoms with Crippen molar-refractivity contribution in [3.63, 3.8) is 0 Å². The highest BCUT2D eigenvalue weighted by molar-refractivity contribution is 9.10. The molecule has 2 aromatic heterocycles. The Kier molecular flexibility index (Phi) is 6.58. The molecular formula is C29H22BrN3O4. The van der Waals surface area contributed by atoms with E-state index in [9.17, 15) is 14.4 Å². The van der Waals surface area contributed by atoms with E-state index in [0.29, 0.717) is 33.6 Å². The highest BCUT2D eigenvalue weighted by atomic mass is 79.9. The molecule has 0 unspecified atom stereocenters. The van der Waals surface area contributed by atoms with E-state index >= 15 is 0 Å². The topological polar surface area (TPSA) is 105 Å². The fourth-order valence-corrected chi connectivity index (χ4v) is 4.66. The van der Waals surface area contributed by atoms with Gasteiger partial charge >= 0.3 is 5.97 Å². The molecule has 2 N–H and O–H groups in total. The van der Waals surface area contributed by atoms with Gasteiger partial charge in [0.15, 0.2) is 0 Å². The van der Waals surface area contributed by atoms with Crippen molar-refractivity contribution in [2.75, 3.05) is 0 Å². The number of carboxylic acid groups (broad SMARTS) is 1. The Morgan fingerprint density at radius 3 is 2.35 bits per heavy atom. The highest BCUT2D eigenvalue weighted by Gasteiger charge is 2.23. The number of carbonyl (C=O) groups is 2. The van der Waals surface area contributed by atoms with Gasteiger partial charge in [-0.05, 0) is 42.8 Å². The van der Waals surface area contributed by atoms with E-state index in [1.165, 1.54) is 4.68 Å². The molecule has 0 aliphatic rings. The molecule has 0 spiro atoms. The fourth-order valence-electron chi connectivity index (χ4n) is 4.40. The van der Waals surface area contributed by atoms with Crippen molar-refractivity contribution in [3.8, 4) is 33.6 Å². The van der Waals surface area contributed by atoms with Gasteiger partial charge in [0.1, 0.15) is 0 Å². The van der Waals surface area contributed by atoms with Gasteiger partial charge in [-0.15, -0.1) is 0 Å². The summed E-state index contributed by atoms with van der Waals surface area (Å²) in [6.45, 7) is 1.99. The van der Waals surface area contributed by atoms with Gasteiger partial charge in [-0.3, -0.25) is 14.4 Å². The number of hydrogen-bond acceptors (Lipinski definition) is 4. The number of halogens is 1. The molecule has 0 bridgehead atoms. The third kappa shape index (κ3) is 4.88. The van der Waals surface area contributed by atoms with E-state index in [0.717, 1.165) is 21.0 Å². The molecule has 0 fully saturated rings. The molecule has 0 atom stereocenters. The predicted octanol–water partition coefficient (Wildman–Crippen LogP) is 6.30. The van der Waals surface area contributed by atoms with Crippen molar-refractivity contribution in [1.82, 2.24) is 14.8 Å². The number of carboxylic acids is 1. The van der Waals surface area contributed by atoms with E-state index in [4.69, 9.17) is 5.11 Å². The minimum Gasteiger partial charge on any atom is -0.481 e. The number of aromatic nitrogens is 3. The molecule has 0 saturated heterocycles. The van der Waals surface area contributed by atoms with Crippen LogP contribution >= 0.6 is 15.9 Å². The third-order valence-electron chi connectivity index (χ3n) is 6.13. The number of H-pyrrole nitrogens is 1. The summed E-state index contributed by atoms with van der Waals surface area (Å²) in [6.07, 6.45) is -0.544. The smallest absolute Gasteiger partial charge is 0.303 e. The van der Waals surface area contributed by atoms with Gasteiger partial charge in [0.25, 0.3) is 5.56 Å². The molecule has 37 heavy (non-hydrogen) atoms. The lowest BCUT2D eigenvalue weighted by atomic mass is 9.93. The van der Waals surface area contributed by atoms with Crippen molar-refractivity contribution in [2.24, 2.45) is 0 Å². The summed E-state index contributed by atoms with van der Waals surface area (Å²) < 4.78 is 2.07. The molecule has 7 nitrogen and oxygen atoms in total. The van der Waals surface area contributed by atoms with Crippen LogP contribution in [0.1, 0.15) is 23.2 Å². The number of aryl methyl sites for hydroxylation is 1. The van der Waals surface area contributed by atoms with Crippen LogP contribution in [0.4, 0.5) is 0 Å². The molecule has 5 rings (SSSR count). The van der Waals surface area contributed by atoms with Crippen molar-refractivity contribution >= 4 is 38.7 Å². The summed E-state index contributed by atoms with van der Waals surface area (Å²) in [7, 11) is 0. The van der Waals surface area contributed by atoms with Gasteiger partial charge in [-0.2, -0.15) is 9.78 Å². The van der Waals surface area contributed by atoms with Crippen molar-refractivity contribution in [3.05, 3.63) is 99.3 Å². The van der Waals surface area contributed by atoms with E-state index in [2.05, 4.69) is 26.0 Å². The Morgan fingerprint density at radius 2 is 1.65 bits per heavy atom. The second-order valence-corrected chi connectivity index (χ2v) is 9.66.